The standard InChI is InChI=1S/C21H30N6O2/c1-16-15-17(24-21(23-16)22-9-10-25(2)3)20(28)27-13-11-26(12-14-27)18-7-5-6-8-19(18)29-4/h5-8,15H,9-14H2,1-4H3,(H,22,23,24). The van der Waals surface area contributed by atoms with Gasteiger partial charge in [-0.25, -0.2) is 9.97 Å². The molecule has 1 fully saturated rings. The Balaban J connectivity index is 1.64. The maximum Gasteiger partial charge on any atom is 0.272 e. The molecule has 1 aliphatic heterocycles. The summed E-state index contributed by atoms with van der Waals surface area (Å²) in [4.78, 5) is 28.0. The summed E-state index contributed by atoms with van der Waals surface area (Å²) in [6.07, 6.45) is 0. The number of nitrogens with one attached hydrogen (secondary N) is 1. The molecule has 1 amide bonds. The molecule has 0 saturated carbocycles. The van der Waals surface area contributed by atoms with E-state index in [1.807, 2.05) is 44.1 Å². The predicted octanol–water partition coefficient (Wildman–Crippen LogP) is 1.73. The number of aromatic nitrogens is 2. The number of carbonyl (C=O) groups excluding carboxylic acids is 1. The van der Waals surface area contributed by atoms with Gasteiger partial charge in [0.25, 0.3) is 5.91 Å². The molecule has 0 radical (unpaired) electrons. The second-order valence-electron chi connectivity index (χ2n) is 7.40. The highest BCUT2D eigenvalue weighted by molar-refractivity contribution is 5.93. The lowest BCUT2D eigenvalue weighted by atomic mass is 10.2. The van der Waals surface area contributed by atoms with E-state index in [1.54, 1.807) is 13.2 Å². The Hall–Kier alpha value is -2.87. The van der Waals surface area contributed by atoms with Crippen molar-refractivity contribution in [3.63, 3.8) is 0 Å². The monoisotopic (exact) mass is 398 g/mol. The Morgan fingerprint density at radius 2 is 1.90 bits per heavy atom. The summed E-state index contributed by atoms with van der Waals surface area (Å²) in [6, 6.07) is 9.73. The van der Waals surface area contributed by atoms with E-state index in [0.29, 0.717) is 24.7 Å². The average molecular weight is 399 g/mol. The van der Waals surface area contributed by atoms with E-state index in [1.165, 1.54) is 0 Å². The fourth-order valence-corrected chi connectivity index (χ4v) is 3.35. The van der Waals surface area contributed by atoms with E-state index < -0.39 is 0 Å². The predicted molar refractivity (Wildman–Crippen MR) is 115 cm³/mol. The normalized spacial score (nSPS) is 14.2. The second-order valence-corrected chi connectivity index (χ2v) is 7.40. The van der Waals surface area contributed by atoms with E-state index >= 15 is 0 Å². The van der Waals surface area contributed by atoms with Crippen LogP contribution in [0.25, 0.3) is 0 Å². The number of methoxy groups -OCH3 is 1. The Morgan fingerprint density at radius 3 is 2.59 bits per heavy atom. The van der Waals surface area contributed by atoms with Crippen LogP contribution in [0.5, 0.6) is 5.75 Å². The molecule has 8 heteroatoms. The molecule has 29 heavy (non-hydrogen) atoms. The quantitative estimate of drug-likeness (QED) is 0.761. The van der Waals surface area contributed by atoms with Gasteiger partial charge >= 0.3 is 0 Å². The summed E-state index contributed by atoms with van der Waals surface area (Å²) in [6.45, 7) is 6.27. The molecule has 1 saturated heterocycles. The molecule has 156 valence electrons. The van der Waals surface area contributed by atoms with Crippen molar-refractivity contribution < 1.29 is 9.53 Å². The van der Waals surface area contributed by atoms with E-state index in [-0.39, 0.29) is 5.91 Å². The molecule has 0 aliphatic carbocycles. The van der Waals surface area contributed by atoms with Crippen molar-refractivity contribution in [3.8, 4) is 5.75 Å². The molecule has 1 aromatic carbocycles. The minimum absolute atomic E-state index is 0.0502. The number of benzene rings is 1. The van der Waals surface area contributed by atoms with Crippen LogP contribution >= 0.6 is 0 Å². The lowest BCUT2D eigenvalue weighted by Gasteiger charge is -2.36. The van der Waals surface area contributed by atoms with Crippen LogP contribution in [0.1, 0.15) is 16.2 Å². The Morgan fingerprint density at radius 1 is 1.17 bits per heavy atom. The van der Waals surface area contributed by atoms with Crippen LogP contribution in [-0.4, -0.2) is 86.1 Å². The van der Waals surface area contributed by atoms with Gasteiger partial charge in [-0.05, 0) is 39.2 Å². The molecule has 3 rings (SSSR count). The van der Waals surface area contributed by atoms with Crippen molar-refractivity contribution in [3.05, 3.63) is 41.7 Å². The summed E-state index contributed by atoms with van der Waals surface area (Å²) in [5, 5.41) is 3.20. The second kappa shape index (κ2) is 9.56. The summed E-state index contributed by atoms with van der Waals surface area (Å²) in [5.74, 6) is 1.31. The maximum absolute atomic E-state index is 13.0. The number of carbonyl (C=O) groups is 1. The smallest absolute Gasteiger partial charge is 0.272 e. The zero-order chi connectivity index (χ0) is 20.8. The molecule has 0 bridgehead atoms. The summed E-state index contributed by atoms with van der Waals surface area (Å²) < 4.78 is 5.47. The molecule has 1 N–H and O–H groups in total. The SMILES string of the molecule is COc1ccccc1N1CCN(C(=O)c2cc(C)nc(NCCN(C)C)n2)CC1. The lowest BCUT2D eigenvalue weighted by Crippen LogP contribution is -2.49. The first kappa shape index (κ1) is 20.9. The highest BCUT2D eigenvalue weighted by Crippen LogP contribution is 2.28. The number of piperazine rings is 1. The highest BCUT2D eigenvalue weighted by Gasteiger charge is 2.25. The lowest BCUT2D eigenvalue weighted by molar-refractivity contribution is 0.0740. The van der Waals surface area contributed by atoms with Gasteiger partial charge in [0.15, 0.2) is 0 Å². The molecule has 1 aromatic heterocycles. The first-order valence-corrected chi connectivity index (χ1v) is 9.89. The number of nitrogens with zero attached hydrogens (tertiary/aromatic N) is 5. The maximum atomic E-state index is 13.0. The first-order valence-electron chi connectivity index (χ1n) is 9.89. The van der Waals surface area contributed by atoms with Gasteiger partial charge < -0.3 is 24.8 Å². The van der Waals surface area contributed by atoms with Gasteiger partial charge in [0.2, 0.25) is 5.95 Å². The topological polar surface area (TPSA) is 73.8 Å². The van der Waals surface area contributed by atoms with Crippen molar-refractivity contribution in [1.82, 2.24) is 19.8 Å². The van der Waals surface area contributed by atoms with Crippen LogP contribution in [0.3, 0.4) is 0 Å². The molecule has 0 spiro atoms. The molecule has 8 nitrogen and oxygen atoms in total. The van der Waals surface area contributed by atoms with Gasteiger partial charge in [-0.15, -0.1) is 0 Å². The van der Waals surface area contributed by atoms with Crippen LogP contribution in [0.2, 0.25) is 0 Å². The van der Waals surface area contributed by atoms with Crippen molar-refractivity contribution in [2.24, 2.45) is 0 Å². The zero-order valence-electron chi connectivity index (χ0n) is 17.7. The molecule has 0 atom stereocenters. The number of aryl methyl sites for hydroxylation is 1. The Labute approximate surface area is 172 Å². The van der Waals surface area contributed by atoms with Crippen molar-refractivity contribution in [1.29, 1.82) is 0 Å². The Bertz CT molecular complexity index is 834. The van der Waals surface area contributed by atoms with E-state index in [9.17, 15) is 4.79 Å². The zero-order valence-corrected chi connectivity index (χ0v) is 17.7. The number of ether oxygens (including phenoxy) is 1. The number of likely N-dealkylation sites (N-methyl/N-ethyl adjacent to an activating group) is 1. The van der Waals surface area contributed by atoms with Gasteiger partial charge in [0.1, 0.15) is 11.4 Å². The fourth-order valence-electron chi connectivity index (χ4n) is 3.35. The van der Waals surface area contributed by atoms with Gasteiger partial charge in [-0.1, -0.05) is 12.1 Å². The van der Waals surface area contributed by atoms with E-state index in [4.69, 9.17) is 4.74 Å². The number of anilines is 2. The van der Waals surface area contributed by atoms with Crippen LogP contribution < -0.4 is 15.0 Å². The number of rotatable bonds is 7. The summed E-state index contributed by atoms with van der Waals surface area (Å²) in [5.41, 5.74) is 2.28. The van der Waals surface area contributed by atoms with Gasteiger partial charge in [0, 0.05) is 45.0 Å². The molecular weight excluding hydrogens is 368 g/mol. The minimum atomic E-state index is -0.0502. The van der Waals surface area contributed by atoms with Gasteiger partial charge in [0.05, 0.1) is 12.8 Å². The third kappa shape index (κ3) is 5.35. The molecular formula is C21H30N6O2. The molecule has 2 aromatic rings. The van der Waals surface area contributed by atoms with E-state index in [0.717, 1.165) is 43.3 Å². The van der Waals surface area contributed by atoms with Crippen molar-refractivity contribution in [2.75, 3.05) is 70.7 Å². The molecule has 0 unspecified atom stereocenters. The third-order valence-corrected chi connectivity index (χ3v) is 4.91. The molecule has 1 aliphatic rings. The third-order valence-electron chi connectivity index (χ3n) is 4.91. The number of hydrogen-bond donors (Lipinski definition) is 1. The largest absolute Gasteiger partial charge is 0.495 e. The first-order chi connectivity index (χ1) is 14.0. The van der Waals surface area contributed by atoms with Crippen LogP contribution in [0.4, 0.5) is 11.6 Å². The average Bonchev–Trinajstić information content (AvgIpc) is 2.72. The number of para-hydroxylation sites is 2. The van der Waals surface area contributed by atoms with E-state index in [2.05, 4.69) is 31.2 Å². The van der Waals surface area contributed by atoms with Crippen LogP contribution in [-0.2, 0) is 0 Å². The molecule has 2 heterocycles. The van der Waals surface area contributed by atoms with Crippen LogP contribution in [0.15, 0.2) is 30.3 Å². The van der Waals surface area contributed by atoms with Gasteiger partial charge in [-0.2, -0.15) is 0 Å². The fraction of sp³-hybridized carbons (Fsp3) is 0.476. The van der Waals surface area contributed by atoms with Gasteiger partial charge in [-0.3, -0.25) is 4.79 Å². The summed E-state index contributed by atoms with van der Waals surface area (Å²) in [7, 11) is 5.71. The van der Waals surface area contributed by atoms with Crippen molar-refractivity contribution >= 4 is 17.5 Å². The number of hydrogen-bond acceptors (Lipinski definition) is 7. The Kier molecular flexibility index (Phi) is 6.87. The highest BCUT2D eigenvalue weighted by atomic mass is 16.5. The van der Waals surface area contributed by atoms with Crippen LogP contribution in [0, 0.1) is 6.92 Å². The summed E-state index contributed by atoms with van der Waals surface area (Å²) >= 11 is 0. The minimum Gasteiger partial charge on any atom is -0.495 e. The van der Waals surface area contributed by atoms with Crippen molar-refractivity contribution in [2.45, 2.75) is 6.92 Å². The number of amides is 1.